The molecule has 5 nitrogen and oxygen atoms in total. The number of hydrogen-bond acceptors (Lipinski definition) is 5. The molecule has 1 rings (SSSR count). The lowest BCUT2D eigenvalue weighted by Gasteiger charge is -2.14. The van der Waals surface area contributed by atoms with E-state index in [1.165, 1.54) is 0 Å². The molecule has 1 heterocycles. The summed E-state index contributed by atoms with van der Waals surface area (Å²) in [4.78, 5) is 3.71. The van der Waals surface area contributed by atoms with E-state index in [4.69, 9.17) is 5.73 Å². The lowest BCUT2D eigenvalue weighted by atomic mass is 10.4. The van der Waals surface area contributed by atoms with Crippen LogP contribution in [0.4, 0.5) is 17.6 Å². The molecule has 0 saturated heterocycles. The average molecular weight is 257 g/mol. The van der Waals surface area contributed by atoms with Crippen molar-refractivity contribution < 1.29 is 26.8 Å². The third-order valence-electron chi connectivity index (χ3n) is 1.72. The molecule has 17 heavy (non-hydrogen) atoms. The topological polar surface area (TPSA) is 74.2 Å². The molecule has 2 N–H and O–H groups in total. The van der Waals surface area contributed by atoms with Gasteiger partial charge < -0.3 is 15.0 Å². The van der Waals surface area contributed by atoms with Crippen LogP contribution in [-0.4, -0.2) is 29.1 Å². The first-order valence-electron chi connectivity index (χ1n) is 4.64. The number of ether oxygens (including phenoxy) is 1. The fourth-order valence-corrected chi connectivity index (χ4v) is 0.852. The molecule has 0 aromatic carbocycles. The second-order valence-electron chi connectivity index (χ2n) is 3.39. The van der Waals surface area contributed by atoms with Crippen molar-refractivity contribution >= 4 is 0 Å². The van der Waals surface area contributed by atoms with Gasteiger partial charge in [0.15, 0.2) is 5.82 Å². The van der Waals surface area contributed by atoms with Gasteiger partial charge in [0.05, 0.1) is 6.04 Å². The number of hydrogen-bond donors (Lipinski definition) is 1. The number of nitrogens with zero attached hydrogens (tertiary/aromatic N) is 2. The minimum atomic E-state index is -4.19. The average Bonchev–Trinajstić information content (AvgIpc) is 2.66. The summed E-state index contributed by atoms with van der Waals surface area (Å²) in [6.07, 6.45) is -3.77. The largest absolute Gasteiger partial charge is 0.367 e. The third-order valence-corrected chi connectivity index (χ3v) is 1.72. The van der Waals surface area contributed by atoms with Crippen LogP contribution >= 0.6 is 0 Å². The van der Waals surface area contributed by atoms with E-state index in [9.17, 15) is 17.6 Å². The van der Waals surface area contributed by atoms with Gasteiger partial charge in [-0.3, -0.25) is 0 Å². The highest BCUT2D eigenvalue weighted by Crippen LogP contribution is 2.23. The molecular weight excluding hydrogens is 246 g/mol. The van der Waals surface area contributed by atoms with E-state index in [-0.39, 0.29) is 11.7 Å². The zero-order chi connectivity index (χ0) is 13.1. The Morgan fingerprint density at radius 3 is 2.59 bits per heavy atom. The molecule has 0 aliphatic carbocycles. The van der Waals surface area contributed by atoms with Crippen molar-refractivity contribution in [1.82, 2.24) is 10.1 Å². The standard InChI is InChI=1S/C8H11F4N3O2/c1-4(13)6-14-5(15-17-6)2-16-3-8(11,12)7(9)10/h4,7H,2-3,13H2,1H3/t4-/m1/s1. The summed E-state index contributed by atoms with van der Waals surface area (Å²) in [5.74, 6) is -4.10. The lowest BCUT2D eigenvalue weighted by Crippen LogP contribution is -2.32. The van der Waals surface area contributed by atoms with Crippen molar-refractivity contribution in [1.29, 1.82) is 0 Å². The van der Waals surface area contributed by atoms with Crippen LogP contribution in [0.25, 0.3) is 0 Å². The predicted molar refractivity (Wildman–Crippen MR) is 47.5 cm³/mol. The van der Waals surface area contributed by atoms with E-state index in [0.717, 1.165) is 0 Å². The Morgan fingerprint density at radius 2 is 2.12 bits per heavy atom. The fraction of sp³-hybridized carbons (Fsp3) is 0.750. The number of rotatable bonds is 6. The fourth-order valence-electron chi connectivity index (χ4n) is 0.852. The number of aromatic nitrogens is 2. The molecule has 0 fully saturated rings. The molecule has 0 aliphatic rings. The Labute approximate surface area is 93.9 Å². The van der Waals surface area contributed by atoms with Crippen LogP contribution in [0, 0.1) is 0 Å². The Kier molecular flexibility index (Phi) is 4.40. The van der Waals surface area contributed by atoms with Gasteiger partial charge in [0, 0.05) is 0 Å². The van der Waals surface area contributed by atoms with E-state index >= 15 is 0 Å². The number of alkyl halides is 4. The summed E-state index contributed by atoms with van der Waals surface area (Å²) in [5.41, 5.74) is 5.41. The van der Waals surface area contributed by atoms with Crippen LogP contribution in [0.1, 0.15) is 24.7 Å². The van der Waals surface area contributed by atoms with E-state index in [1.54, 1.807) is 6.92 Å². The van der Waals surface area contributed by atoms with Crippen molar-refractivity contribution in [3.8, 4) is 0 Å². The summed E-state index contributed by atoms with van der Waals surface area (Å²) in [5, 5.41) is 3.38. The van der Waals surface area contributed by atoms with Gasteiger partial charge >= 0.3 is 12.3 Å². The van der Waals surface area contributed by atoms with Crippen molar-refractivity contribution in [2.24, 2.45) is 5.73 Å². The Morgan fingerprint density at radius 1 is 1.47 bits per heavy atom. The van der Waals surface area contributed by atoms with Gasteiger partial charge in [-0.15, -0.1) is 0 Å². The second-order valence-corrected chi connectivity index (χ2v) is 3.39. The molecule has 0 aliphatic heterocycles. The summed E-state index contributed by atoms with van der Waals surface area (Å²) >= 11 is 0. The van der Waals surface area contributed by atoms with E-state index in [2.05, 4.69) is 19.4 Å². The van der Waals surface area contributed by atoms with Crippen LogP contribution in [-0.2, 0) is 11.3 Å². The second kappa shape index (κ2) is 5.41. The van der Waals surface area contributed by atoms with Crippen molar-refractivity contribution in [3.63, 3.8) is 0 Å². The molecule has 0 unspecified atom stereocenters. The molecule has 1 atom stereocenters. The summed E-state index contributed by atoms with van der Waals surface area (Å²) < 4.78 is 57.4. The van der Waals surface area contributed by atoms with Crippen molar-refractivity contribution in [3.05, 3.63) is 11.7 Å². The van der Waals surface area contributed by atoms with Gasteiger partial charge in [0.1, 0.15) is 13.2 Å². The van der Waals surface area contributed by atoms with Crippen LogP contribution in [0.15, 0.2) is 4.52 Å². The van der Waals surface area contributed by atoms with E-state index in [0.29, 0.717) is 0 Å². The maximum absolute atomic E-state index is 12.4. The van der Waals surface area contributed by atoms with Crippen LogP contribution in [0.3, 0.4) is 0 Å². The van der Waals surface area contributed by atoms with E-state index < -0.39 is 31.6 Å². The van der Waals surface area contributed by atoms with Crippen LogP contribution in [0.2, 0.25) is 0 Å². The van der Waals surface area contributed by atoms with Gasteiger partial charge in [-0.2, -0.15) is 13.8 Å². The van der Waals surface area contributed by atoms with Gasteiger partial charge in [-0.25, -0.2) is 8.78 Å². The normalized spacial score (nSPS) is 14.3. The molecule has 0 radical (unpaired) electrons. The molecular formula is C8H11F4N3O2. The van der Waals surface area contributed by atoms with E-state index in [1.807, 2.05) is 0 Å². The minimum absolute atomic E-state index is 0.0256. The highest BCUT2D eigenvalue weighted by molar-refractivity contribution is 4.88. The summed E-state index contributed by atoms with van der Waals surface area (Å²) in [7, 11) is 0. The first kappa shape index (κ1) is 13.8. The highest BCUT2D eigenvalue weighted by atomic mass is 19.3. The Balaban J connectivity index is 2.41. The molecule has 0 saturated carbocycles. The first-order chi connectivity index (χ1) is 7.83. The zero-order valence-corrected chi connectivity index (χ0v) is 8.87. The Hall–Kier alpha value is -1.22. The predicted octanol–water partition coefficient (Wildman–Crippen LogP) is 1.51. The van der Waals surface area contributed by atoms with Gasteiger partial charge in [0.25, 0.3) is 0 Å². The molecule has 98 valence electrons. The number of nitrogens with two attached hydrogens (primary N) is 1. The smallest absolute Gasteiger partial charge is 0.330 e. The van der Waals surface area contributed by atoms with Crippen molar-refractivity contribution in [2.45, 2.75) is 31.9 Å². The monoisotopic (exact) mass is 257 g/mol. The van der Waals surface area contributed by atoms with Crippen LogP contribution in [0.5, 0.6) is 0 Å². The maximum Gasteiger partial charge on any atom is 0.330 e. The molecule has 1 aromatic heterocycles. The van der Waals surface area contributed by atoms with Gasteiger partial charge in [-0.05, 0) is 6.92 Å². The Bertz CT molecular complexity index is 356. The summed E-state index contributed by atoms with van der Waals surface area (Å²) in [6.45, 7) is -0.269. The highest BCUT2D eigenvalue weighted by Gasteiger charge is 2.41. The molecule has 0 amide bonds. The molecule has 0 bridgehead atoms. The van der Waals surface area contributed by atoms with Gasteiger partial charge in [-0.1, -0.05) is 5.16 Å². The first-order valence-corrected chi connectivity index (χ1v) is 4.64. The lowest BCUT2D eigenvalue weighted by molar-refractivity contribution is -0.168. The summed E-state index contributed by atoms with van der Waals surface area (Å²) in [6, 6.07) is -0.501. The minimum Gasteiger partial charge on any atom is -0.367 e. The molecule has 1 aromatic rings. The van der Waals surface area contributed by atoms with Crippen molar-refractivity contribution in [2.75, 3.05) is 6.61 Å². The zero-order valence-electron chi connectivity index (χ0n) is 8.87. The van der Waals surface area contributed by atoms with Crippen LogP contribution < -0.4 is 5.73 Å². The maximum atomic E-state index is 12.4. The number of halogens is 4. The SMILES string of the molecule is C[C@@H](N)c1nc(COCC(F)(F)C(F)F)no1. The van der Waals surface area contributed by atoms with Gasteiger partial charge in [0.2, 0.25) is 5.89 Å². The quantitative estimate of drug-likeness (QED) is 0.782. The molecule has 0 spiro atoms. The molecule has 9 heteroatoms. The third kappa shape index (κ3) is 3.93.